The zero-order valence-corrected chi connectivity index (χ0v) is 10.9. The lowest BCUT2D eigenvalue weighted by atomic mass is 10.3. The van der Waals surface area contributed by atoms with Crippen molar-refractivity contribution in [1.29, 1.82) is 0 Å². The molecule has 19 heavy (non-hydrogen) atoms. The van der Waals surface area contributed by atoms with E-state index in [4.69, 9.17) is 5.73 Å². The van der Waals surface area contributed by atoms with E-state index in [1.54, 1.807) is 0 Å². The number of nitroso groups, excluding NO2 is 2. The highest BCUT2D eigenvalue weighted by Crippen LogP contribution is 2.17. The Balaban J connectivity index is 2.99. The lowest BCUT2D eigenvalue weighted by Crippen LogP contribution is -2.35. The van der Waals surface area contributed by atoms with Gasteiger partial charge in [-0.2, -0.15) is 14.1 Å². The number of hydrogen-bond donors (Lipinski definition) is 1. The summed E-state index contributed by atoms with van der Waals surface area (Å²) in [6.07, 6.45) is 0. The van der Waals surface area contributed by atoms with Crippen molar-refractivity contribution in [3.63, 3.8) is 0 Å². The van der Waals surface area contributed by atoms with E-state index in [-0.39, 0.29) is 31.1 Å². The van der Waals surface area contributed by atoms with E-state index < -0.39 is 10.0 Å². The number of benzene rings is 1. The molecule has 104 valence electrons. The van der Waals surface area contributed by atoms with Gasteiger partial charge in [0.2, 0.25) is 10.0 Å². The fourth-order valence-electron chi connectivity index (χ4n) is 1.45. The molecule has 0 amide bonds. The Kier molecular flexibility index (Phi) is 5.52. The summed E-state index contributed by atoms with van der Waals surface area (Å²) in [5.74, 6) is 0. The first-order chi connectivity index (χ1) is 9.02. The van der Waals surface area contributed by atoms with Crippen LogP contribution in [-0.4, -0.2) is 38.9 Å². The first kappa shape index (κ1) is 15.2. The van der Waals surface area contributed by atoms with Crippen molar-refractivity contribution in [1.82, 2.24) is 4.31 Å². The van der Waals surface area contributed by atoms with Gasteiger partial charge in [-0.25, -0.2) is 8.42 Å². The van der Waals surface area contributed by atoms with Crippen molar-refractivity contribution in [3.8, 4) is 0 Å². The van der Waals surface area contributed by atoms with Crippen molar-refractivity contribution >= 4 is 15.7 Å². The number of hydrogen-bond acceptors (Lipinski definition) is 7. The molecule has 0 saturated carbocycles. The molecule has 1 aromatic carbocycles. The molecule has 0 aliphatic heterocycles. The zero-order valence-electron chi connectivity index (χ0n) is 10.1. The molecule has 0 atom stereocenters. The molecule has 0 heterocycles. The standard InChI is InChI=1S/C10H14N4O4S/c11-9-1-3-10(4-2-9)19(17,18)14(7-5-12-15)8-6-13-16/h1-4H,5-8,11H2. The SMILES string of the molecule is Nc1ccc(S(=O)(=O)N(CCN=O)CCN=O)cc1. The van der Waals surface area contributed by atoms with Crippen LogP contribution >= 0.6 is 0 Å². The highest BCUT2D eigenvalue weighted by Gasteiger charge is 2.23. The summed E-state index contributed by atoms with van der Waals surface area (Å²) in [4.78, 5) is 20.3. The third-order valence-corrected chi connectivity index (χ3v) is 4.31. The van der Waals surface area contributed by atoms with Gasteiger partial charge in [-0.15, -0.1) is 0 Å². The summed E-state index contributed by atoms with van der Waals surface area (Å²) in [6, 6.07) is 5.64. The Labute approximate surface area is 110 Å². The summed E-state index contributed by atoms with van der Waals surface area (Å²) in [6.45, 7) is -0.558. The summed E-state index contributed by atoms with van der Waals surface area (Å²) < 4.78 is 25.5. The van der Waals surface area contributed by atoms with Crippen molar-refractivity contribution in [2.45, 2.75) is 4.90 Å². The van der Waals surface area contributed by atoms with Crippen LogP contribution < -0.4 is 5.73 Å². The van der Waals surface area contributed by atoms with Crippen molar-refractivity contribution in [3.05, 3.63) is 34.1 Å². The van der Waals surface area contributed by atoms with Crippen LogP contribution in [0.4, 0.5) is 5.69 Å². The van der Waals surface area contributed by atoms with E-state index in [0.29, 0.717) is 5.69 Å². The van der Waals surface area contributed by atoms with E-state index in [1.165, 1.54) is 24.3 Å². The lowest BCUT2D eigenvalue weighted by molar-refractivity contribution is 0.426. The van der Waals surface area contributed by atoms with Crippen LogP contribution in [0, 0.1) is 9.81 Å². The minimum Gasteiger partial charge on any atom is -0.399 e. The number of sulfonamides is 1. The molecular formula is C10H14N4O4S. The maximum atomic E-state index is 12.3. The molecule has 0 aliphatic rings. The average molecular weight is 286 g/mol. The maximum Gasteiger partial charge on any atom is 0.243 e. The molecule has 0 saturated heterocycles. The van der Waals surface area contributed by atoms with Crippen LogP contribution in [0.1, 0.15) is 0 Å². The summed E-state index contributed by atoms with van der Waals surface area (Å²) in [5, 5.41) is 5.24. The fraction of sp³-hybridized carbons (Fsp3) is 0.400. The van der Waals surface area contributed by atoms with Crippen molar-refractivity contribution < 1.29 is 8.42 Å². The smallest absolute Gasteiger partial charge is 0.243 e. The van der Waals surface area contributed by atoms with E-state index >= 15 is 0 Å². The fourth-order valence-corrected chi connectivity index (χ4v) is 2.87. The molecule has 0 unspecified atom stereocenters. The Morgan fingerprint density at radius 1 is 1.00 bits per heavy atom. The Bertz CT molecular complexity index is 517. The van der Waals surface area contributed by atoms with E-state index in [2.05, 4.69) is 10.4 Å². The molecule has 1 aromatic rings. The number of rotatable bonds is 8. The summed E-state index contributed by atoms with van der Waals surface area (Å²) in [5.41, 5.74) is 5.92. The first-order valence-corrected chi connectivity index (χ1v) is 6.90. The minimum absolute atomic E-state index is 0.0403. The van der Waals surface area contributed by atoms with Crippen LogP contribution in [0.2, 0.25) is 0 Å². The highest BCUT2D eigenvalue weighted by molar-refractivity contribution is 7.89. The molecule has 9 heteroatoms. The van der Waals surface area contributed by atoms with Gasteiger partial charge in [0.15, 0.2) is 0 Å². The predicted molar refractivity (Wildman–Crippen MR) is 70.9 cm³/mol. The van der Waals surface area contributed by atoms with Crippen LogP contribution in [-0.2, 0) is 10.0 Å². The molecule has 2 N–H and O–H groups in total. The van der Waals surface area contributed by atoms with E-state index in [1.807, 2.05) is 0 Å². The Morgan fingerprint density at radius 2 is 1.47 bits per heavy atom. The molecule has 0 spiro atoms. The largest absolute Gasteiger partial charge is 0.399 e. The molecule has 8 nitrogen and oxygen atoms in total. The molecule has 0 aliphatic carbocycles. The molecular weight excluding hydrogens is 272 g/mol. The number of nitrogens with two attached hydrogens (primary N) is 1. The Morgan fingerprint density at radius 3 is 1.89 bits per heavy atom. The van der Waals surface area contributed by atoms with Gasteiger partial charge < -0.3 is 5.73 Å². The monoisotopic (exact) mass is 286 g/mol. The van der Waals surface area contributed by atoms with E-state index in [9.17, 15) is 18.2 Å². The van der Waals surface area contributed by atoms with Gasteiger partial charge in [0.1, 0.15) is 0 Å². The Hall–Kier alpha value is -1.87. The summed E-state index contributed by atoms with van der Waals surface area (Å²) in [7, 11) is -3.78. The lowest BCUT2D eigenvalue weighted by Gasteiger charge is -2.19. The van der Waals surface area contributed by atoms with Gasteiger partial charge >= 0.3 is 0 Å². The zero-order chi connectivity index (χ0) is 14.3. The molecule has 0 radical (unpaired) electrons. The first-order valence-electron chi connectivity index (χ1n) is 5.46. The van der Waals surface area contributed by atoms with E-state index in [0.717, 1.165) is 4.31 Å². The molecule has 0 bridgehead atoms. The average Bonchev–Trinajstić information content (AvgIpc) is 2.39. The quantitative estimate of drug-likeness (QED) is 0.559. The third-order valence-electron chi connectivity index (χ3n) is 2.40. The van der Waals surface area contributed by atoms with Gasteiger partial charge in [0.25, 0.3) is 0 Å². The highest BCUT2D eigenvalue weighted by atomic mass is 32.2. The number of nitrogen functional groups attached to an aromatic ring is 1. The topological polar surface area (TPSA) is 122 Å². The minimum atomic E-state index is -3.78. The second kappa shape index (κ2) is 6.90. The predicted octanol–water partition coefficient (Wildman–Crippen LogP) is 0.792. The summed E-state index contributed by atoms with van der Waals surface area (Å²) >= 11 is 0. The van der Waals surface area contributed by atoms with Gasteiger partial charge in [0, 0.05) is 18.8 Å². The maximum absolute atomic E-state index is 12.3. The van der Waals surface area contributed by atoms with Crippen molar-refractivity contribution in [2.24, 2.45) is 10.4 Å². The second-order valence-corrected chi connectivity index (χ2v) is 5.62. The normalized spacial score (nSPS) is 11.4. The van der Waals surface area contributed by atoms with Crippen LogP contribution in [0.5, 0.6) is 0 Å². The third kappa shape index (κ3) is 4.07. The molecule has 0 aromatic heterocycles. The van der Waals surface area contributed by atoms with Gasteiger partial charge in [-0.05, 0) is 24.3 Å². The number of nitrogens with zero attached hydrogens (tertiary/aromatic N) is 3. The molecule has 0 fully saturated rings. The van der Waals surface area contributed by atoms with Crippen molar-refractivity contribution in [2.75, 3.05) is 31.9 Å². The van der Waals surface area contributed by atoms with Gasteiger partial charge in [-0.1, -0.05) is 10.4 Å². The van der Waals surface area contributed by atoms with Gasteiger partial charge in [0.05, 0.1) is 18.0 Å². The van der Waals surface area contributed by atoms with Crippen LogP contribution in [0.15, 0.2) is 39.5 Å². The second-order valence-electron chi connectivity index (χ2n) is 3.68. The van der Waals surface area contributed by atoms with Crippen LogP contribution in [0.3, 0.4) is 0 Å². The molecule has 1 rings (SSSR count). The van der Waals surface area contributed by atoms with Crippen LogP contribution in [0.25, 0.3) is 0 Å². The van der Waals surface area contributed by atoms with Gasteiger partial charge in [-0.3, -0.25) is 0 Å². The number of anilines is 1.